The minimum Gasteiger partial charge on any atom is -0.493 e. The number of hydrogen-bond acceptors (Lipinski definition) is 6. The third kappa shape index (κ3) is 4.46. The van der Waals surface area contributed by atoms with Gasteiger partial charge in [-0.15, -0.1) is 0 Å². The molecule has 1 aromatic heterocycles. The van der Waals surface area contributed by atoms with E-state index >= 15 is 0 Å². The van der Waals surface area contributed by atoms with Crippen molar-refractivity contribution in [1.82, 2.24) is 4.98 Å². The Morgan fingerprint density at radius 1 is 1.12 bits per heavy atom. The Bertz CT molecular complexity index is 715. The maximum Gasteiger partial charge on any atom is 0.191 e. The van der Waals surface area contributed by atoms with Crippen LogP contribution in [0.2, 0.25) is 0 Å². The standard InChI is InChI=1S/C17H19BrFNO5/c1-22-13-7-11(16(21)10-4-5-20-15(18)6-10)12(8-14(13)23-2)17(24-3)25-9-19/h4-8,16-17,21H,9H2,1-3H3. The summed E-state index contributed by atoms with van der Waals surface area (Å²) in [5, 5.41) is 10.8. The summed E-state index contributed by atoms with van der Waals surface area (Å²) >= 11 is 3.27. The largest absolute Gasteiger partial charge is 0.493 e. The first-order chi connectivity index (χ1) is 12.0. The average Bonchev–Trinajstić information content (AvgIpc) is 2.64. The lowest BCUT2D eigenvalue weighted by molar-refractivity contribution is -0.153. The van der Waals surface area contributed by atoms with Crippen LogP contribution in [0.3, 0.4) is 0 Å². The average molecular weight is 416 g/mol. The zero-order valence-electron chi connectivity index (χ0n) is 14.0. The Labute approximate surface area is 153 Å². The van der Waals surface area contributed by atoms with Gasteiger partial charge in [0.15, 0.2) is 24.6 Å². The zero-order valence-corrected chi connectivity index (χ0v) is 15.6. The van der Waals surface area contributed by atoms with Crippen LogP contribution < -0.4 is 9.47 Å². The van der Waals surface area contributed by atoms with Gasteiger partial charge in [0.1, 0.15) is 10.7 Å². The molecule has 2 aromatic rings. The van der Waals surface area contributed by atoms with Crippen molar-refractivity contribution >= 4 is 15.9 Å². The smallest absolute Gasteiger partial charge is 0.191 e. The number of pyridine rings is 1. The number of aromatic nitrogens is 1. The third-order valence-corrected chi connectivity index (χ3v) is 4.07. The fourth-order valence-electron chi connectivity index (χ4n) is 2.46. The number of aliphatic hydroxyl groups is 1. The summed E-state index contributed by atoms with van der Waals surface area (Å²) in [5.74, 6) is 0.831. The molecule has 0 saturated heterocycles. The molecule has 2 atom stereocenters. The second-order valence-electron chi connectivity index (χ2n) is 4.99. The van der Waals surface area contributed by atoms with Crippen LogP contribution in [0.25, 0.3) is 0 Å². The zero-order chi connectivity index (χ0) is 18.4. The summed E-state index contributed by atoms with van der Waals surface area (Å²) in [6, 6.07) is 6.56. The molecule has 0 spiro atoms. The number of alkyl halides is 1. The second kappa shape index (κ2) is 9.10. The van der Waals surface area contributed by atoms with Crippen LogP contribution in [-0.2, 0) is 9.47 Å². The van der Waals surface area contributed by atoms with Crippen LogP contribution in [-0.4, -0.2) is 38.3 Å². The van der Waals surface area contributed by atoms with Crippen LogP contribution in [0, 0.1) is 0 Å². The third-order valence-electron chi connectivity index (χ3n) is 3.63. The highest BCUT2D eigenvalue weighted by atomic mass is 79.9. The van der Waals surface area contributed by atoms with Gasteiger partial charge in [-0.05, 0) is 51.3 Å². The molecule has 0 fully saturated rings. The number of hydrogen-bond donors (Lipinski definition) is 1. The van der Waals surface area contributed by atoms with E-state index in [9.17, 15) is 9.50 Å². The fourth-order valence-corrected chi connectivity index (χ4v) is 2.84. The Morgan fingerprint density at radius 3 is 2.28 bits per heavy atom. The number of methoxy groups -OCH3 is 3. The lowest BCUT2D eigenvalue weighted by atomic mass is 9.96. The van der Waals surface area contributed by atoms with Crippen molar-refractivity contribution < 1.29 is 28.4 Å². The molecular formula is C17H19BrFNO5. The second-order valence-corrected chi connectivity index (χ2v) is 5.81. The van der Waals surface area contributed by atoms with Crippen molar-refractivity contribution in [2.45, 2.75) is 12.4 Å². The number of ether oxygens (including phenoxy) is 4. The number of nitrogens with zero attached hydrogens (tertiary/aromatic N) is 1. The number of aliphatic hydroxyl groups excluding tert-OH is 1. The van der Waals surface area contributed by atoms with Crippen molar-refractivity contribution in [2.75, 3.05) is 28.2 Å². The maximum atomic E-state index is 12.7. The van der Waals surface area contributed by atoms with Crippen LogP contribution >= 0.6 is 15.9 Å². The van der Waals surface area contributed by atoms with Crippen molar-refractivity contribution in [3.05, 3.63) is 51.8 Å². The number of benzene rings is 1. The van der Waals surface area contributed by atoms with Gasteiger partial charge in [0.05, 0.1) is 14.2 Å². The van der Waals surface area contributed by atoms with Gasteiger partial charge < -0.3 is 24.1 Å². The normalized spacial score (nSPS) is 13.4. The van der Waals surface area contributed by atoms with Gasteiger partial charge in [0.2, 0.25) is 0 Å². The predicted molar refractivity (Wildman–Crippen MR) is 92.4 cm³/mol. The van der Waals surface area contributed by atoms with Crippen molar-refractivity contribution in [1.29, 1.82) is 0 Å². The predicted octanol–water partition coefficient (Wildman–Crippen LogP) is 3.53. The van der Waals surface area contributed by atoms with E-state index in [4.69, 9.17) is 18.9 Å². The van der Waals surface area contributed by atoms with Gasteiger partial charge in [-0.25, -0.2) is 9.37 Å². The Hall–Kier alpha value is -1.74. The SMILES string of the molecule is COc1cc(C(OC)OCF)c(C(O)c2ccnc(Br)c2)cc1OC. The molecule has 1 heterocycles. The molecule has 1 aromatic carbocycles. The molecule has 0 saturated carbocycles. The number of halogens is 2. The summed E-state index contributed by atoms with van der Waals surface area (Å²) in [5.41, 5.74) is 1.46. The first kappa shape index (κ1) is 19.6. The van der Waals surface area contributed by atoms with Gasteiger partial charge >= 0.3 is 0 Å². The fraction of sp³-hybridized carbons (Fsp3) is 0.353. The van der Waals surface area contributed by atoms with Crippen molar-refractivity contribution in [3.63, 3.8) is 0 Å². The van der Waals surface area contributed by atoms with Gasteiger partial charge in [-0.3, -0.25) is 0 Å². The monoisotopic (exact) mass is 415 g/mol. The van der Waals surface area contributed by atoms with Crippen LogP contribution in [0.1, 0.15) is 29.1 Å². The molecule has 6 nitrogen and oxygen atoms in total. The first-order valence-electron chi connectivity index (χ1n) is 7.31. The van der Waals surface area contributed by atoms with Crippen LogP contribution in [0.15, 0.2) is 35.1 Å². The highest BCUT2D eigenvalue weighted by molar-refractivity contribution is 9.10. The van der Waals surface area contributed by atoms with E-state index in [-0.39, 0.29) is 0 Å². The molecular weight excluding hydrogens is 397 g/mol. The van der Waals surface area contributed by atoms with E-state index in [0.29, 0.717) is 32.8 Å². The molecule has 0 radical (unpaired) electrons. The molecule has 8 heteroatoms. The summed E-state index contributed by atoms with van der Waals surface area (Å²) in [6.07, 6.45) is -0.482. The lowest BCUT2D eigenvalue weighted by Crippen LogP contribution is -2.13. The molecule has 2 rings (SSSR count). The Morgan fingerprint density at radius 2 is 1.76 bits per heavy atom. The molecule has 0 aliphatic carbocycles. The van der Waals surface area contributed by atoms with Crippen molar-refractivity contribution in [2.24, 2.45) is 0 Å². The minimum atomic E-state index is -1.04. The molecule has 0 aliphatic heterocycles. The summed E-state index contributed by atoms with van der Waals surface area (Å²) in [6.45, 7) is -1.04. The first-order valence-corrected chi connectivity index (χ1v) is 8.10. The number of rotatable bonds is 8. The van der Waals surface area contributed by atoms with Gasteiger partial charge in [0.25, 0.3) is 0 Å². The highest BCUT2D eigenvalue weighted by Crippen LogP contribution is 2.39. The summed E-state index contributed by atoms with van der Waals surface area (Å²) < 4.78 is 34.1. The molecule has 2 unspecified atom stereocenters. The Kier molecular flexibility index (Phi) is 7.12. The van der Waals surface area contributed by atoms with E-state index in [1.165, 1.54) is 21.3 Å². The van der Waals surface area contributed by atoms with Crippen LogP contribution in [0.5, 0.6) is 11.5 Å². The van der Waals surface area contributed by atoms with Gasteiger partial charge in [-0.2, -0.15) is 0 Å². The van der Waals surface area contributed by atoms with Gasteiger partial charge in [-0.1, -0.05) is 0 Å². The lowest BCUT2D eigenvalue weighted by Gasteiger charge is -2.23. The van der Waals surface area contributed by atoms with Crippen molar-refractivity contribution in [3.8, 4) is 11.5 Å². The highest BCUT2D eigenvalue weighted by Gasteiger charge is 2.25. The van der Waals surface area contributed by atoms with E-state index in [1.807, 2.05) is 0 Å². The van der Waals surface area contributed by atoms with E-state index in [1.54, 1.807) is 30.5 Å². The van der Waals surface area contributed by atoms with E-state index in [0.717, 1.165) is 0 Å². The molecule has 0 bridgehead atoms. The topological polar surface area (TPSA) is 70.0 Å². The maximum absolute atomic E-state index is 12.7. The molecule has 0 aliphatic rings. The molecule has 25 heavy (non-hydrogen) atoms. The summed E-state index contributed by atoms with van der Waals surface area (Å²) in [7, 11) is 4.36. The van der Waals surface area contributed by atoms with Gasteiger partial charge in [0, 0.05) is 18.9 Å². The minimum absolute atomic E-state index is 0.411. The quantitative estimate of drug-likeness (QED) is 0.525. The van der Waals surface area contributed by atoms with E-state index < -0.39 is 19.3 Å². The summed E-state index contributed by atoms with van der Waals surface area (Å²) in [4.78, 5) is 4.04. The molecule has 0 amide bonds. The van der Waals surface area contributed by atoms with Crippen LogP contribution in [0.4, 0.5) is 4.39 Å². The molecule has 136 valence electrons. The Balaban J connectivity index is 2.59. The molecule has 1 N–H and O–H groups in total. The van der Waals surface area contributed by atoms with E-state index in [2.05, 4.69) is 20.9 Å².